The van der Waals surface area contributed by atoms with Crippen molar-refractivity contribution in [3.63, 3.8) is 0 Å². The number of likely N-dealkylation sites (N-methyl/N-ethyl adjacent to an activating group) is 1. The van der Waals surface area contributed by atoms with E-state index in [2.05, 4.69) is 10.6 Å². The number of methoxy groups -OCH3 is 1. The Morgan fingerprint density at radius 1 is 1.14 bits per heavy atom. The number of carbonyl (C=O) groups is 2. The second-order valence-electron chi connectivity index (χ2n) is 7.25. The topological polar surface area (TPSA) is 79.9 Å². The van der Waals surface area contributed by atoms with Gasteiger partial charge in [-0.25, -0.2) is 0 Å². The fourth-order valence-electron chi connectivity index (χ4n) is 3.26. The van der Waals surface area contributed by atoms with Gasteiger partial charge in [-0.1, -0.05) is 0 Å². The van der Waals surface area contributed by atoms with Crippen molar-refractivity contribution in [1.82, 2.24) is 15.5 Å². The second kappa shape index (κ2) is 10.5. The highest BCUT2D eigenvalue weighted by molar-refractivity contribution is 5.95. The molecule has 1 aliphatic heterocycles. The van der Waals surface area contributed by atoms with E-state index in [-0.39, 0.29) is 30.8 Å². The number of carbonyl (C=O) groups excluding carboxylic acids is 2. The first-order valence-corrected chi connectivity index (χ1v) is 9.64. The monoisotopic (exact) mass is 411 g/mol. The molecule has 2 aliphatic rings. The molecule has 8 heteroatoms. The number of piperidine rings is 1. The van der Waals surface area contributed by atoms with Gasteiger partial charge < -0.3 is 25.0 Å². The molecular formula is C20H30ClN3O4. The van der Waals surface area contributed by atoms with Crippen LogP contribution in [0.4, 0.5) is 0 Å². The zero-order valence-electron chi connectivity index (χ0n) is 16.5. The third kappa shape index (κ3) is 6.01. The van der Waals surface area contributed by atoms with Crippen LogP contribution in [0.25, 0.3) is 0 Å². The van der Waals surface area contributed by atoms with Gasteiger partial charge in [-0.05, 0) is 56.3 Å². The van der Waals surface area contributed by atoms with Gasteiger partial charge in [0.15, 0.2) is 18.1 Å². The van der Waals surface area contributed by atoms with Crippen LogP contribution in [0.15, 0.2) is 18.2 Å². The van der Waals surface area contributed by atoms with Crippen molar-refractivity contribution < 1.29 is 19.1 Å². The van der Waals surface area contributed by atoms with Crippen molar-refractivity contribution in [2.24, 2.45) is 5.92 Å². The summed E-state index contributed by atoms with van der Waals surface area (Å²) in [6.07, 6.45) is 4.69. The molecule has 2 N–H and O–H groups in total. The van der Waals surface area contributed by atoms with Crippen molar-refractivity contribution in [2.75, 3.05) is 40.4 Å². The van der Waals surface area contributed by atoms with Gasteiger partial charge in [0, 0.05) is 31.7 Å². The van der Waals surface area contributed by atoms with Crippen LogP contribution < -0.4 is 20.1 Å². The van der Waals surface area contributed by atoms with E-state index in [9.17, 15) is 9.59 Å². The van der Waals surface area contributed by atoms with E-state index in [1.807, 2.05) is 4.90 Å². The molecule has 1 aromatic carbocycles. The van der Waals surface area contributed by atoms with Gasteiger partial charge in [-0.2, -0.15) is 0 Å². The normalized spacial score (nSPS) is 16.9. The van der Waals surface area contributed by atoms with Crippen LogP contribution >= 0.6 is 12.4 Å². The van der Waals surface area contributed by atoms with E-state index in [0.717, 1.165) is 38.4 Å². The molecule has 0 unspecified atom stereocenters. The minimum Gasteiger partial charge on any atom is -0.493 e. The van der Waals surface area contributed by atoms with Crippen LogP contribution in [-0.4, -0.2) is 63.2 Å². The molecule has 0 atom stereocenters. The number of nitrogens with one attached hydrogen (secondary N) is 2. The number of amides is 2. The van der Waals surface area contributed by atoms with Crippen molar-refractivity contribution in [3.05, 3.63) is 23.8 Å². The maximum absolute atomic E-state index is 12.8. The van der Waals surface area contributed by atoms with Crippen LogP contribution in [0.5, 0.6) is 11.5 Å². The fourth-order valence-corrected chi connectivity index (χ4v) is 3.26. The molecule has 1 aliphatic carbocycles. The number of hydrogen-bond acceptors (Lipinski definition) is 5. The van der Waals surface area contributed by atoms with Crippen LogP contribution in [-0.2, 0) is 4.79 Å². The lowest BCUT2D eigenvalue weighted by molar-refractivity contribution is -0.122. The number of likely N-dealkylation sites (tertiary alicyclic amines) is 1. The molecule has 1 heterocycles. The lowest BCUT2D eigenvalue weighted by Gasteiger charge is -2.32. The number of rotatable bonds is 8. The summed E-state index contributed by atoms with van der Waals surface area (Å²) in [4.78, 5) is 26.1. The molecular weight excluding hydrogens is 382 g/mol. The lowest BCUT2D eigenvalue weighted by Crippen LogP contribution is -2.45. The maximum Gasteiger partial charge on any atom is 0.257 e. The van der Waals surface area contributed by atoms with Gasteiger partial charge in [-0.3, -0.25) is 9.59 Å². The molecule has 1 saturated heterocycles. The zero-order valence-corrected chi connectivity index (χ0v) is 17.3. The molecule has 1 aromatic rings. The third-order valence-corrected chi connectivity index (χ3v) is 5.22. The molecule has 28 heavy (non-hydrogen) atoms. The highest BCUT2D eigenvalue weighted by Gasteiger charge is 2.26. The third-order valence-electron chi connectivity index (χ3n) is 5.22. The van der Waals surface area contributed by atoms with Crippen molar-refractivity contribution in [2.45, 2.75) is 31.7 Å². The van der Waals surface area contributed by atoms with Gasteiger partial charge in [0.2, 0.25) is 0 Å². The first-order valence-electron chi connectivity index (χ1n) is 9.64. The first-order chi connectivity index (χ1) is 13.1. The van der Waals surface area contributed by atoms with Gasteiger partial charge >= 0.3 is 0 Å². The van der Waals surface area contributed by atoms with Crippen LogP contribution in [0.2, 0.25) is 0 Å². The quantitative estimate of drug-likeness (QED) is 0.682. The summed E-state index contributed by atoms with van der Waals surface area (Å²) < 4.78 is 10.8. The molecule has 2 amide bonds. The van der Waals surface area contributed by atoms with Crippen molar-refractivity contribution >= 4 is 24.2 Å². The predicted molar refractivity (Wildman–Crippen MR) is 109 cm³/mol. The summed E-state index contributed by atoms with van der Waals surface area (Å²) >= 11 is 0. The van der Waals surface area contributed by atoms with E-state index in [4.69, 9.17) is 9.47 Å². The second-order valence-corrected chi connectivity index (χ2v) is 7.25. The highest BCUT2D eigenvalue weighted by Crippen LogP contribution is 2.30. The van der Waals surface area contributed by atoms with Crippen LogP contribution in [0.3, 0.4) is 0 Å². The molecule has 0 radical (unpaired) electrons. The lowest BCUT2D eigenvalue weighted by atomic mass is 10.0. The van der Waals surface area contributed by atoms with E-state index in [1.54, 1.807) is 25.2 Å². The Labute approximate surface area is 172 Å². The standard InChI is InChI=1S/C20H29N3O4.ClH/c1-21-19(24)13-27-17-6-5-15(11-18(17)26-2)20(25)23-9-7-16(8-10-23)22-12-14-3-4-14;/h5-6,11,14,16,22H,3-4,7-10,12-13H2,1-2H3,(H,21,24);1H. The van der Waals surface area contributed by atoms with E-state index in [0.29, 0.717) is 23.1 Å². The summed E-state index contributed by atoms with van der Waals surface area (Å²) in [5.41, 5.74) is 0.573. The molecule has 1 saturated carbocycles. The predicted octanol–water partition coefficient (Wildman–Crippen LogP) is 1.85. The number of halogens is 1. The van der Waals surface area contributed by atoms with Crippen molar-refractivity contribution in [1.29, 1.82) is 0 Å². The van der Waals surface area contributed by atoms with Crippen LogP contribution in [0, 0.1) is 5.92 Å². The molecule has 0 spiro atoms. The largest absolute Gasteiger partial charge is 0.493 e. The van der Waals surface area contributed by atoms with Gasteiger partial charge in [0.25, 0.3) is 11.8 Å². The summed E-state index contributed by atoms with van der Waals surface area (Å²) in [6, 6.07) is 5.60. The maximum atomic E-state index is 12.8. The molecule has 3 rings (SSSR count). The zero-order chi connectivity index (χ0) is 19.2. The molecule has 156 valence electrons. The Morgan fingerprint density at radius 2 is 1.86 bits per heavy atom. The SMILES string of the molecule is CNC(=O)COc1ccc(C(=O)N2CCC(NCC3CC3)CC2)cc1OC.Cl. The smallest absolute Gasteiger partial charge is 0.257 e. The molecule has 7 nitrogen and oxygen atoms in total. The van der Waals surface area contributed by atoms with Gasteiger partial charge in [-0.15, -0.1) is 12.4 Å². The summed E-state index contributed by atoms with van der Waals surface area (Å²) in [6.45, 7) is 2.55. The molecule has 0 aromatic heterocycles. The average molecular weight is 412 g/mol. The first kappa shape index (κ1) is 22.3. The van der Waals surface area contributed by atoms with E-state index in [1.165, 1.54) is 20.0 Å². The summed E-state index contributed by atoms with van der Waals surface area (Å²) in [5.74, 6) is 1.55. The number of ether oxygens (including phenoxy) is 2. The van der Waals surface area contributed by atoms with Gasteiger partial charge in [0.1, 0.15) is 0 Å². The van der Waals surface area contributed by atoms with E-state index >= 15 is 0 Å². The highest BCUT2D eigenvalue weighted by atomic mass is 35.5. The summed E-state index contributed by atoms with van der Waals surface area (Å²) in [7, 11) is 3.07. The van der Waals surface area contributed by atoms with E-state index < -0.39 is 0 Å². The van der Waals surface area contributed by atoms with Gasteiger partial charge in [0.05, 0.1) is 7.11 Å². The Hall–Kier alpha value is -1.99. The minimum absolute atomic E-state index is 0. The Balaban J connectivity index is 0.00000280. The Bertz CT molecular complexity index is 673. The Morgan fingerprint density at radius 3 is 2.46 bits per heavy atom. The molecule has 2 fully saturated rings. The number of benzene rings is 1. The summed E-state index contributed by atoms with van der Waals surface area (Å²) in [5, 5.41) is 6.13. The van der Waals surface area contributed by atoms with Crippen LogP contribution in [0.1, 0.15) is 36.0 Å². The average Bonchev–Trinajstić information content (AvgIpc) is 3.54. The van der Waals surface area contributed by atoms with Crippen molar-refractivity contribution in [3.8, 4) is 11.5 Å². The Kier molecular flexibility index (Phi) is 8.38. The number of nitrogens with zero attached hydrogens (tertiary/aromatic N) is 1. The number of hydrogen-bond donors (Lipinski definition) is 2. The fraction of sp³-hybridized carbons (Fsp3) is 0.600. The minimum atomic E-state index is -0.227. The molecule has 0 bridgehead atoms.